The van der Waals surface area contributed by atoms with Gasteiger partial charge in [-0.05, 0) is 24.6 Å². The minimum absolute atomic E-state index is 0.106. The zero-order valence-electron chi connectivity index (χ0n) is 13.8. The zero-order valence-corrected chi connectivity index (χ0v) is 13.8. The Bertz CT molecular complexity index is 706. The predicted molar refractivity (Wildman–Crippen MR) is 92.4 cm³/mol. The lowest BCUT2D eigenvalue weighted by Gasteiger charge is -2.10. The van der Waals surface area contributed by atoms with E-state index in [0.29, 0.717) is 6.61 Å². The topological polar surface area (TPSA) is 63.6 Å². The van der Waals surface area contributed by atoms with Crippen LogP contribution in [0.1, 0.15) is 58.9 Å². The number of hydrogen-bond donors (Lipinski definition) is 1. The smallest absolute Gasteiger partial charge is 0.338 e. The largest absolute Gasteiger partial charge is 0.507 e. The first-order valence-electron chi connectivity index (χ1n) is 8.24. The molecule has 4 heteroatoms. The number of carbonyl (C=O) groups is 2. The highest BCUT2D eigenvalue weighted by Gasteiger charge is 2.20. The summed E-state index contributed by atoms with van der Waals surface area (Å²) in [5.41, 5.74) is 0.625. The number of para-hydroxylation sites is 1. The molecule has 24 heavy (non-hydrogen) atoms. The molecule has 0 heterocycles. The number of phenolic OH excluding ortho intramolecular Hbond substituents is 1. The molecule has 2 rings (SSSR count). The average Bonchev–Trinajstić information content (AvgIpc) is 2.61. The Labute approximate surface area is 142 Å². The monoisotopic (exact) mass is 326 g/mol. The van der Waals surface area contributed by atoms with Gasteiger partial charge in [0.25, 0.3) is 0 Å². The van der Waals surface area contributed by atoms with Crippen LogP contribution in [0, 0.1) is 0 Å². The van der Waals surface area contributed by atoms with E-state index in [-0.39, 0.29) is 22.4 Å². The zero-order chi connectivity index (χ0) is 17.4. The number of hydrogen-bond acceptors (Lipinski definition) is 4. The van der Waals surface area contributed by atoms with Crippen LogP contribution in [0.15, 0.2) is 48.5 Å². The highest BCUT2D eigenvalue weighted by atomic mass is 16.5. The maximum atomic E-state index is 12.6. The second-order valence-electron chi connectivity index (χ2n) is 5.59. The summed E-state index contributed by atoms with van der Waals surface area (Å²) in [4.78, 5) is 24.9. The van der Waals surface area contributed by atoms with Crippen LogP contribution in [-0.2, 0) is 4.74 Å². The summed E-state index contributed by atoms with van der Waals surface area (Å²) >= 11 is 0. The number of rotatable bonds is 8. The lowest BCUT2D eigenvalue weighted by atomic mass is 9.98. The van der Waals surface area contributed by atoms with E-state index in [0.717, 1.165) is 25.7 Å². The summed E-state index contributed by atoms with van der Waals surface area (Å²) in [6.45, 7) is 2.46. The van der Waals surface area contributed by atoms with Gasteiger partial charge in [-0.25, -0.2) is 4.79 Å². The van der Waals surface area contributed by atoms with Gasteiger partial charge in [0, 0.05) is 5.56 Å². The fourth-order valence-corrected chi connectivity index (χ4v) is 2.44. The van der Waals surface area contributed by atoms with Crippen molar-refractivity contribution in [1.82, 2.24) is 0 Å². The van der Waals surface area contributed by atoms with E-state index >= 15 is 0 Å². The third-order valence-electron chi connectivity index (χ3n) is 3.77. The van der Waals surface area contributed by atoms with E-state index in [9.17, 15) is 14.7 Å². The Kier molecular flexibility index (Phi) is 6.55. The molecular formula is C20H22O4. The quantitative estimate of drug-likeness (QED) is 0.445. The summed E-state index contributed by atoms with van der Waals surface area (Å²) in [6.07, 6.45) is 4.06. The number of ether oxygens (including phenoxy) is 1. The van der Waals surface area contributed by atoms with Gasteiger partial charge in [0.2, 0.25) is 0 Å². The molecule has 0 unspecified atom stereocenters. The van der Waals surface area contributed by atoms with Gasteiger partial charge in [-0.2, -0.15) is 0 Å². The standard InChI is InChI=1S/C20H22O4/c1-2-3-4-9-14-24-20(23)16-11-6-5-10-15(16)19(22)17-12-7-8-13-18(17)21/h5-8,10-13,21H,2-4,9,14H2,1H3. The summed E-state index contributed by atoms with van der Waals surface area (Å²) in [6, 6.07) is 12.8. The number of phenols is 1. The lowest BCUT2D eigenvalue weighted by Crippen LogP contribution is -2.13. The number of benzene rings is 2. The van der Waals surface area contributed by atoms with Crippen LogP contribution in [0.25, 0.3) is 0 Å². The molecule has 0 saturated carbocycles. The van der Waals surface area contributed by atoms with Gasteiger partial charge in [0.1, 0.15) is 5.75 Å². The Morgan fingerprint density at radius 3 is 2.17 bits per heavy atom. The molecule has 1 N–H and O–H groups in total. The molecule has 0 bridgehead atoms. The second-order valence-corrected chi connectivity index (χ2v) is 5.59. The van der Waals surface area contributed by atoms with Crippen molar-refractivity contribution in [2.45, 2.75) is 32.6 Å². The van der Waals surface area contributed by atoms with Gasteiger partial charge in [0.15, 0.2) is 5.78 Å². The molecule has 0 aromatic heterocycles. The molecule has 4 nitrogen and oxygen atoms in total. The molecule has 2 aromatic rings. The number of aromatic hydroxyl groups is 1. The highest BCUT2D eigenvalue weighted by molar-refractivity contribution is 6.15. The molecule has 0 aliphatic carbocycles. The summed E-state index contributed by atoms with van der Waals surface area (Å²) in [7, 11) is 0. The van der Waals surface area contributed by atoms with Crippen molar-refractivity contribution in [3.05, 3.63) is 65.2 Å². The van der Waals surface area contributed by atoms with Crippen LogP contribution in [0.2, 0.25) is 0 Å². The fourth-order valence-electron chi connectivity index (χ4n) is 2.44. The fraction of sp³-hybridized carbons (Fsp3) is 0.300. The van der Waals surface area contributed by atoms with Gasteiger partial charge in [0.05, 0.1) is 17.7 Å². The van der Waals surface area contributed by atoms with Gasteiger partial charge in [-0.3, -0.25) is 4.79 Å². The van der Waals surface area contributed by atoms with E-state index in [1.807, 2.05) is 0 Å². The first-order chi connectivity index (χ1) is 11.6. The van der Waals surface area contributed by atoms with E-state index in [1.54, 1.807) is 36.4 Å². The van der Waals surface area contributed by atoms with Gasteiger partial charge >= 0.3 is 5.97 Å². The van der Waals surface area contributed by atoms with Crippen molar-refractivity contribution in [3.8, 4) is 5.75 Å². The average molecular weight is 326 g/mol. The minimum Gasteiger partial charge on any atom is -0.507 e. The maximum Gasteiger partial charge on any atom is 0.338 e. The Balaban J connectivity index is 2.14. The predicted octanol–water partition coefficient (Wildman–Crippen LogP) is 4.36. The van der Waals surface area contributed by atoms with Crippen molar-refractivity contribution >= 4 is 11.8 Å². The minimum atomic E-state index is -0.508. The number of unbranched alkanes of at least 4 members (excludes halogenated alkanes) is 3. The van der Waals surface area contributed by atoms with E-state index < -0.39 is 11.8 Å². The highest BCUT2D eigenvalue weighted by Crippen LogP contribution is 2.22. The summed E-state index contributed by atoms with van der Waals surface area (Å²) < 4.78 is 5.28. The third-order valence-corrected chi connectivity index (χ3v) is 3.77. The van der Waals surface area contributed by atoms with Crippen LogP contribution in [0.4, 0.5) is 0 Å². The molecule has 0 amide bonds. The van der Waals surface area contributed by atoms with Crippen LogP contribution >= 0.6 is 0 Å². The van der Waals surface area contributed by atoms with Crippen molar-refractivity contribution in [2.75, 3.05) is 6.61 Å². The number of ketones is 1. The lowest BCUT2D eigenvalue weighted by molar-refractivity contribution is 0.0495. The molecule has 0 aliphatic heterocycles. The first-order valence-corrected chi connectivity index (χ1v) is 8.24. The van der Waals surface area contributed by atoms with Crippen molar-refractivity contribution in [3.63, 3.8) is 0 Å². The second kappa shape index (κ2) is 8.87. The number of carbonyl (C=O) groups excluding carboxylic acids is 2. The van der Waals surface area contributed by atoms with E-state index in [2.05, 4.69) is 6.92 Å². The van der Waals surface area contributed by atoms with E-state index in [4.69, 9.17) is 4.74 Å². The summed E-state index contributed by atoms with van der Waals surface area (Å²) in [5.74, 6) is -1.01. The van der Waals surface area contributed by atoms with Crippen molar-refractivity contribution < 1.29 is 19.4 Å². The Morgan fingerprint density at radius 2 is 1.50 bits per heavy atom. The van der Waals surface area contributed by atoms with Gasteiger partial charge < -0.3 is 9.84 Å². The SMILES string of the molecule is CCCCCCOC(=O)c1ccccc1C(=O)c1ccccc1O. The third kappa shape index (κ3) is 4.44. The molecule has 0 saturated heterocycles. The molecule has 0 spiro atoms. The van der Waals surface area contributed by atoms with Crippen LogP contribution in [-0.4, -0.2) is 23.5 Å². The summed E-state index contributed by atoms with van der Waals surface area (Å²) in [5, 5.41) is 9.86. The maximum absolute atomic E-state index is 12.6. The van der Waals surface area contributed by atoms with Crippen molar-refractivity contribution in [2.24, 2.45) is 0 Å². The van der Waals surface area contributed by atoms with Crippen LogP contribution in [0.3, 0.4) is 0 Å². The van der Waals surface area contributed by atoms with E-state index in [1.165, 1.54) is 12.1 Å². The Hall–Kier alpha value is -2.62. The van der Waals surface area contributed by atoms with Gasteiger partial charge in [-0.15, -0.1) is 0 Å². The molecule has 126 valence electrons. The van der Waals surface area contributed by atoms with Crippen LogP contribution in [0.5, 0.6) is 5.75 Å². The number of esters is 1. The van der Waals surface area contributed by atoms with Gasteiger partial charge in [-0.1, -0.05) is 56.5 Å². The molecular weight excluding hydrogens is 304 g/mol. The molecule has 0 fully saturated rings. The normalized spacial score (nSPS) is 10.4. The Morgan fingerprint density at radius 1 is 0.875 bits per heavy atom. The van der Waals surface area contributed by atoms with Crippen molar-refractivity contribution in [1.29, 1.82) is 0 Å². The van der Waals surface area contributed by atoms with Crippen LogP contribution < -0.4 is 0 Å². The molecule has 0 atom stereocenters. The molecule has 0 aliphatic rings. The molecule has 0 radical (unpaired) electrons. The first kappa shape index (κ1) is 17.7. The molecule has 2 aromatic carbocycles.